The first-order valence-electron chi connectivity index (χ1n) is 11.3. The summed E-state index contributed by atoms with van der Waals surface area (Å²) in [6, 6.07) is 6.17. The lowest BCUT2D eigenvalue weighted by Crippen LogP contribution is -2.37. The van der Waals surface area contributed by atoms with Crippen LogP contribution in [0.4, 0.5) is 5.69 Å². The lowest BCUT2D eigenvalue weighted by atomic mass is 9.85. The highest BCUT2D eigenvalue weighted by molar-refractivity contribution is 5.92. The molecule has 5 heteroatoms. The maximum atomic E-state index is 12.7. The van der Waals surface area contributed by atoms with E-state index in [9.17, 15) is 4.79 Å². The van der Waals surface area contributed by atoms with E-state index in [1.807, 2.05) is 31.2 Å². The highest BCUT2D eigenvalue weighted by Gasteiger charge is 2.26. The Morgan fingerprint density at radius 2 is 1.94 bits per heavy atom. The van der Waals surface area contributed by atoms with Crippen LogP contribution in [0.3, 0.4) is 0 Å². The Hall–Kier alpha value is -2.53. The van der Waals surface area contributed by atoms with Crippen molar-refractivity contribution in [2.45, 2.75) is 65.8 Å². The standard InChI is InChI=1S/C26H39N3O2/c1-7-17(3)23(25(27)18(4)8-2)16-28-21-13-10-20(11-14-21)26(30)29-22-12-9-19(5)24(15-22)31-6/h7,9,12,15,20-21,28H,1,8,10-11,13-14,16,27H2,2-6H3,(H,29,30)/b23-17-,25-18-. The molecule has 1 aliphatic rings. The monoisotopic (exact) mass is 425 g/mol. The number of allylic oxidation sites excluding steroid dienone is 3. The lowest BCUT2D eigenvalue weighted by molar-refractivity contribution is -0.120. The van der Waals surface area contributed by atoms with Gasteiger partial charge in [-0.15, -0.1) is 0 Å². The van der Waals surface area contributed by atoms with Crippen LogP contribution in [0, 0.1) is 12.8 Å². The fourth-order valence-corrected chi connectivity index (χ4v) is 3.97. The molecule has 0 heterocycles. The van der Waals surface area contributed by atoms with Crippen molar-refractivity contribution in [1.82, 2.24) is 5.32 Å². The molecule has 1 aliphatic carbocycles. The summed E-state index contributed by atoms with van der Waals surface area (Å²) in [6.45, 7) is 12.9. The topological polar surface area (TPSA) is 76.4 Å². The van der Waals surface area contributed by atoms with E-state index in [1.165, 1.54) is 5.57 Å². The van der Waals surface area contributed by atoms with Gasteiger partial charge in [-0.2, -0.15) is 0 Å². The van der Waals surface area contributed by atoms with Crippen molar-refractivity contribution < 1.29 is 9.53 Å². The molecule has 4 N–H and O–H groups in total. The van der Waals surface area contributed by atoms with Crippen LogP contribution in [-0.4, -0.2) is 25.6 Å². The Kier molecular flexibility index (Phi) is 9.38. The smallest absolute Gasteiger partial charge is 0.227 e. The van der Waals surface area contributed by atoms with E-state index in [-0.39, 0.29) is 11.8 Å². The molecule has 2 rings (SSSR count). The van der Waals surface area contributed by atoms with Gasteiger partial charge in [0.05, 0.1) is 7.11 Å². The van der Waals surface area contributed by atoms with Gasteiger partial charge in [0.2, 0.25) is 5.91 Å². The molecular formula is C26H39N3O2. The minimum absolute atomic E-state index is 0.0440. The molecule has 1 aromatic rings. The zero-order chi connectivity index (χ0) is 23.0. The highest BCUT2D eigenvalue weighted by atomic mass is 16.5. The molecule has 0 bridgehead atoms. The van der Waals surface area contributed by atoms with Gasteiger partial charge in [-0.3, -0.25) is 4.79 Å². The maximum Gasteiger partial charge on any atom is 0.227 e. The van der Waals surface area contributed by atoms with Crippen LogP contribution in [-0.2, 0) is 4.79 Å². The lowest BCUT2D eigenvalue weighted by Gasteiger charge is -2.29. The molecule has 1 amide bonds. The maximum absolute atomic E-state index is 12.7. The van der Waals surface area contributed by atoms with Crippen LogP contribution in [0.5, 0.6) is 5.75 Å². The number of aryl methyl sites for hydroxylation is 1. The summed E-state index contributed by atoms with van der Waals surface area (Å²) in [7, 11) is 1.65. The Morgan fingerprint density at radius 1 is 1.26 bits per heavy atom. The molecule has 170 valence electrons. The minimum Gasteiger partial charge on any atom is -0.496 e. The molecule has 31 heavy (non-hydrogen) atoms. The number of rotatable bonds is 9. The molecule has 0 unspecified atom stereocenters. The van der Waals surface area contributed by atoms with Gasteiger partial charge in [0.25, 0.3) is 0 Å². The number of benzene rings is 1. The molecule has 0 saturated heterocycles. The Balaban J connectivity index is 1.90. The summed E-state index contributed by atoms with van der Waals surface area (Å²) in [5.74, 6) is 0.928. The highest BCUT2D eigenvalue weighted by Crippen LogP contribution is 2.28. The van der Waals surface area contributed by atoms with Crippen LogP contribution >= 0.6 is 0 Å². The van der Waals surface area contributed by atoms with Gasteiger partial charge in [0.1, 0.15) is 5.75 Å². The predicted octanol–water partition coefficient (Wildman–Crippen LogP) is 5.24. The second-order valence-electron chi connectivity index (χ2n) is 8.52. The minimum atomic E-state index is 0.0440. The van der Waals surface area contributed by atoms with Crippen LogP contribution in [0.1, 0.15) is 58.4 Å². The first-order valence-corrected chi connectivity index (χ1v) is 11.3. The summed E-state index contributed by atoms with van der Waals surface area (Å²) in [5.41, 5.74) is 12.5. The molecule has 0 aromatic heterocycles. The van der Waals surface area contributed by atoms with Gasteiger partial charge in [0, 0.05) is 36.0 Å². The average Bonchev–Trinajstić information content (AvgIpc) is 2.79. The van der Waals surface area contributed by atoms with Crippen molar-refractivity contribution >= 4 is 11.6 Å². The van der Waals surface area contributed by atoms with Crippen molar-refractivity contribution in [3.8, 4) is 5.75 Å². The van der Waals surface area contributed by atoms with Gasteiger partial charge in [-0.05, 0) is 75.7 Å². The van der Waals surface area contributed by atoms with Crippen molar-refractivity contribution in [3.05, 3.63) is 58.8 Å². The van der Waals surface area contributed by atoms with Crippen molar-refractivity contribution in [1.29, 1.82) is 0 Å². The van der Waals surface area contributed by atoms with Gasteiger partial charge in [-0.25, -0.2) is 0 Å². The number of amides is 1. The normalized spacial score (nSPS) is 20.4. The number of hydrogen-bond donors (Lipinski definition) is 3. The summed E-state index contributed by atoms with van der Waals surface area (Å²) in [6.07, 6.45) is 6.52. The van der Waals surface area contributed by atoms with Gasteiger partial charge in [0.15, 0.2) is 0 Å². The van der Waals surface area contributed by atoms with Crippen molar-refractivity contribution in [2.24, 2.45) is 11.7 Å². The number of carbonyl (C=O) groups is 1. The van der Waals surface area contributed by atoms with E-state index in [0.29, 0.717) is 6.04 Å². The molecule has 0 atom stereocenters. The molecule has 0 radical (unpaired) electrons. The number of ether oxygens (including phenoxy) is 1. The Labute approximate surface area is 187 Å². The number of methoxy groups -OCH3 is 1. The summed E-state index contributed by atoms with van der Waals surface area (Å²) in [4.78, 5) is 12.7. The fraction of sp³-hybridized carbons (Fsp3) is 0.500. The molecular weight excluding hydrogens is 386 g/mol. The van der Waals surface area contributed by atoms with Crippen LogP contribution < -0.4 is 21.1 Å². The summed E-state index contributed by atoms with van der Waals surface area (Å²) in [5, 5.41) is 6.71. The van der Waals surface area contributed by atoms with Gasteiger partial charge >= 0.3 is 0 Å². The molecule has 5 nitrogen and oxygen atoms in total. The predicted molar refractivity (Wildman–Crippen MR) is 130 cm³/mol. The van der Waals surface area contributed by atoms with Gasteiger partial charge in [-0.1, -0.05) is 31.2 Å². The number of hydrogen-bond acceptors (Lipinski definition) is 4. The first-order chi connectivity index (χ1) is 14.8. The van der Waals surface area contributed by atoms with E-state index in [1.54, 1.807) is 7.11 Å². The quantitative estimate of drug-likeness (QED) is 0.473. The second-order valence-corrected chi connectivity index (χ2v) is 8.52. The van der Waals surface area contributed by atoms with Crippen LogP contribution in [0.15, 0.2) is 53.3 Å². The first kappa shape index (κ1) is 24.7. The molecule has 0 spiro atoms. The third kappa shape index (κ3) is 6.73. The second kappa shape index (κ2) is 11.8. The molecule has 1 fully saturated rings. The molecule has 1 aromatic carbocycles. The number of nitrogens with one attached hydrogen (secondary N) is 2. The fourth-order valence-electron chi connectivity index (χ4n) is 3.97. The van der Waals surface area contributed by atoms with E-state index >= 15 is 0 Å². The molecule has 0 aliphatic heterocycles. The summed E-state index contributed by atoms with van der Waals surface area (Å²) < 4.78 is 5.35. The zero-order valence-electron chi connectivity index (χ0n) is 19.8. The SMILES string of the molecule is C=C/C(C)=C(CNC1CCC(C(=O)Nc2ccc(C)c(OC)c2)CC1)\C(N)=C(/C)CC. The number of nitrogens with two attached hydrogens (primary N) is 1. The van der Waals surface area contributed by atoms with Crippen LogP contribution in [0.2, 0.25) is 0 Å². The third-order valence-electron chi connectivity index (χ3n) is 6.44. The third-order valence-corrected chi connectivity index (χ3v) is 6.44. The summed E-state index contributed by atoms with van der Waals surface area (Å²) >= 11 is 0. The van der Waals surface area contributed by atoms with E-state index < -0.39 is 0 Å². The van der Waals surface area contributed by atoms with E-state index in [4.69, 9.17) is 10.5 Å². The average molecular weight is 426 g/mol. The number of anilines is 1. The van der Waals surface area contributed by atoms with E-state index in [0.717, 1.165) is 72.5 Å². The van der Waals surface area contributed by atoms with Crippen LogP contribution in [0.25, 0.3) is 0 Å². The largest absolute Gasteiger partial charge is 0.496 e. The Morgan fingerprint density at radius 3 is 2.52 bits per heavy atom. The molecule has 1 saturated carbocycles. The van der Waals surface area contributed by atoms with Crippen molar-refractivity contribution in [3.63, 3.8) is 0 Å². The van der Waals surface area contributed by atoms with E-state index in [2.05, 4.69) is 38.0 Å². The van der Waals surface area contributed by atoms with Crippen molar-refractivity contribution in [2.75, 3.05) is 19.0 Å². The zero-order valence-corrected chi connectivity index (χ0v) is 19.8. The number of carbonyl (C=O) groups excluding carboxylic acids is 1. The Bertz CT molecular complexity index is 846. The van der Waals surface area contributed by atoms with Gasteiger partial charge < -0.3 is 21.1 Å².